The van der Waals surface area contributed by atoms with Gasteiger partial charge in [-0.3, -0.25) is 0 Å². The normalized spacial score (nSPS) is 30.5. The van der Waals surface area contributed by atoms with Crippen molar-refractivity contribution in [1.29, 1.82) is 5.26 Å². The monoisotopic (exact) mass is 169 g/mol. The number of epoxide rings is 1. The molecule has 1 fully saturated rings. The zero-order valence-electron chi connectivity index (χ0n) is 7.38. The number of hydrogen-bond donors (Lipinski definition) is 0. The van der Waals surface area contributed by atoms with Crippen molar-refractivity contribution in [2.24, 2.45) is 0 Å². The predicted octanol–water partition coefficient (Wildman–Crippen LogP) is 0.621. The first kappa shape index (κ1) is 9.01. The van der Waals surface area contributed by atoms with Crippen molar-refractivity contribution in [2.45, 2.75) is 32.0 Å². The number of carbonyl (C=O) groups excluding carboxylic acids is 1. The molecule has 4 nitrogen and oxygen atoms in total. The lowest BCUT2D eigenvalue weighted by molar-refractivity contribution is -0.147. The quantitative estimate of drug-likeness (QED) is 0.449. The van der Waals surface area contributed by atoms with Gasteiger partial charge in [0.2, 0.25) is 0 Å². The van der Waals surface area contributed by atoms with Gasteiger partial charge in [-0.2, -0.15) is 5.26 Å². The topological polar surface area (TPSA) is 62.6 Å². The van der Waals surface area contributed by atoms with Crippen LogP contribution in [0.25, 0.3) is 0 Å². The number of ether oxygens (including phenoxy) is 2. The minimum absolute atomic E-state index is 0.266. The molecule has 0 aromatic carbocycles. The summed E-state index contributed by atoms with van der Waals surface area (Å²) in [6.45, 7) is 5.33. The molecule has 0 aliphatic carbocycles. The molecule has 1 rings (SSSR count). The molecule has 66 valence electrons. The molecule has 1 heterocycles. The Morgan fingerprint density at radius 1 is 1.67 bits per heavy atom. The lowest BCUT2D eigenvalue weighted by Crippen LogP contribution is -2.31. The molecule has 4 heteroatoms. The summed E-state index contributed by atoms with van der Waals surface area (Å²) in [5.41, 5.74) is -2.06. The molecule has 0 N–H and O–H groups in total. The van der Waals surface area contributed by atoms with Crippen molar-refractivity contribution in [1.82, 2.24) is 0 Å². The van der Waals surface area contributed by atoms with Gasteiger partial charge in [0.25, 0.3) is 5.60 Å². The van der Waals surface area contributed by atoms with Crippen molar-refractivity contribution in [3.8, 4) is 6.07 Å². The Morgan fingerprint density at radius 3 is 2.42 bits per heavy atom. The molecule has 1 saturated heterocycles. The van der Waals surface area contributed by atoms with Crippen molar-refractivity contribution in [2.75, 3.05) is 6.61 Å². The molecule has 0 saturated carbocycles. The van der Waals surface area contributed by atoms with Crippen LogP contribution in [0, 0.1) is 11.3 Å². The standard InChI is InChI=1S/C8H11NO3/c1-4-11-6(10)8(5-9)7(2,3)12-8/h4H2,1-3H3. The number of hydrogen-bond acceptors (Lipinski definition) is 4. The first-order chi connectivity index (χ1) is 5.50. The molecule has 0 radical (unpaired) electrons. The fourth-order valence-corrected chi connectivity index (χ4v) is 1.08. The average Bonchev–Trinajstić information content (AvgIpc) is 2.55. The van der Waals surface area contributed by atoms with E-state index < -0.39 is 17.2 Å². The van der Waals surface area contributed by atoms with Crippen molar-refractivity contribution in [3.63, 3.8) is 0 Å². The van der Waals surface area contributed by atoms with E-state index in [0.29, 0.717) is 0 Å². The van der Waals surface area contributed by atoms with Crippen LogP contribution in [0.5, 0.6) is 0 Å². The molecule has 1 atom stereocenters. The number of carbonyl (C=O) groups is 1. The molecule has 1 aliphatic rings. The maximum atomic E-state index is 11.2. The van der Waals surface area contributed by atoms with E-state index in [1.165, 1.54) is 0 Å². The summed E-state index contributed by atoms with van der Waals surface area (Å²) < 4.78 is 9.73. The van der Waals surface area contributed by atoms with Crippen LogP contribution in [-0.2, 0) is 14.3 Å². The van der Waals surface area contributed by atoms with E-state index in [-0.39, 0.29) is 6.61 Å². The number of esters is 1. The molecule has 0 bridgehead atoms. The van der Waals surface area contributed by atoms with E-state index in [1.54, 1.807) is 20.8 Å². The Kier molecular flexibility index (Phi) is 1.85. The zero-order chi connectivity index (χ0) is 9.41. The third-order valence-electron chi connectivity index (χ3n) is 1.93. The van der Waals surface area contributed by atoms with Crippen molar-refractivity contribution >= 4 is 5.97 Å². The van der Waals surface area contributed by atoms with E-state index >= 15 is 0 Å². The third kappa shape index (κ3) is 0.978. The van der Waals surface area contributed by atoms with E-state index in [4.69, 9.17) is 14.7 Å². The van der Waals surface area contributed by atoms with Gasteiger partial charge in [-0.1, -0.05) is 0 Å². The molecule has 0 aromatic heterocycles. The minimum Gasteiger partial charge on any atom is -0.463 e. The highest BCUT2D eigenvalue weighted by Crippen LogP contribution is 2.47. The van der Waals surface area contributed by atoms with Crippen LogP contribution >= 0.6 is 0 Å². The Balaban J connectivity index is 2.75. The van der Waals surface area contributed by atoms with Crippen LogP contribution in [0.4, 0.5) is 0 Å². The van der Waals surface area contributed by atoms with Gasteiger partial charge in [0.1, 0.15) is 11.7 Å². The van der Waals surface area contributed by atoms with Crippen LogP contribution in [0.1, 0.15) is 20.8 Å². The SMILES string of the molecule is CCOC(=O)C1(C#N)OC1(C)C. The molecule has 0 spiro atoms. The Hall–Kier alpha value is -1.08. The van der Waals surface area contributed by atoms with Gasteiger partial charge in [0.05, 0.1) is 6.61 Å². The number of nitriles is 1. The maximum Gasteiger partial charge on any atom is 0.356 e. The summed E-state index contributed by atoms with van der Waals surface area (Å²) in [5, 5.41) is 8.71. The second-order valence-corrected chi connectivity index (χ2v) is 3.13. The Labute approximate surface area is 71.1 Å². The first-order valence-corrected chi connectivity index (χ1v) is 3.79. The Bertz CT molecular complexity index is 254. The molecular formula is C8H11NO3. The highest BCUT2D eigenvalue weighted by atomic mass is 16.7. The van der Waals surface area contributed by atoms with Gasteiger partial charge in [0.15, 0.2) is 0 Å². The van der Waals surface area contributed by atoms with Gasteiger partial charge >= 0.3 is 5.97 Å². The Morgan fingerprint density at radius 2 is 2.17 bits per heavy atom. The molecule has 1 aliphatic heterocycles. The summed E-state index contributed by atoms with van der Waals surface area (Å²) in [6.07, 6.45) is 0. The van der Waals surface area contributed by atoms with E-state index in [9.17, 15) is 4.79 Å². The fraction of sp³-hybridized carbons (Fsp3) is 0.750. The summed E-state index contributed by atoms with van der Waals surface area (Å²) in [7, 11) is 0. The summed E-state index contributed by atoms with van der Waals surface area (Å²) in [6, 6.07) is 1.83. The van der Waals surface area contributed by atoms with Crippen LogP contribution in [0.2, 0.25) is 0 Å². The molecule has 0 amide bonds. The summed E-state index contributed by atoms with van der Waals surface area (Å²) >= 11 is 0. The molecule has 0 aromatic rings. The third-order valence-corrected chi connectivity index (χ3v) is 1.93. The van der Waals surface area contributed by atoms with Gasteiger partial charge in [-0.05, 0) is 20.8 Å². The second-order valence-electron chi connectivity index (χ2n) is 3.13. The number of nitrogens with zero attached hydrogens (tertiary/aromatic N) is 1. The molecular weight excluding hydrogens is 158 g/mol. The molecule has 1 unspecified atom stereocenters. The van der Waals surface area contributed by atoms with Crippen LogP contribution in [0.15, 0.2) is 0 Å². The highest BCUT2D eigenvalue weighted by Gasteiger charge is 2.71. The zero-order valence-corrected chi connectivity index (χ0v) is 7.38. The maximum absolute atomic E-state index is 11.2. The van der Waals surface area contributed by atoms with E-state index in [1.807, 2.05) is 6.07 Å². The van der Waals surface area contributed by atoms with E-state index in [0.717, 1.165) is 0 Å². The predicted molar refractivity (Wildman–Crippen MR) is 40.1 cm³/mol. The summed E-state index contributed by atoms with van der Waals surface area (Å²) in [5.74, 6) is -0.586. The highest BCUT2D eigenvalue weighted by molar-refractivity contribution is 5.88. The van der Waals surface area contributed by atoms with Crippen molar-refractivity contribution in [3.05, 3.63) is 0 Å². The van der Waals surface area contributed by atoms with Crippen LogP contribution in [0.3, 0.4) is 0 Å². The summed E-state index contributed by atoms with van der Waals surface area (Å²) in [4.78, 5) is 11.2. The van der Waals surface area contributed by atoms with Crippen molar-refractivity contribution < 1.29 is 14.3 Å². The average molecular weight is 169 g/mol. The van der Waals surface area contributed by atoms with Crippen LogP contribution in [-0.4, -0.2) is 23.8 Å². The largest absolute Gasteiger partial charge is 0.463 e. The lowest BCUT2D eigenvalue weighted by Gasteiger charge is -2.04. The lowest BCUT2D eigenvalue weighted by atomic mass is 9.98. The fourth-order valence-electron chi connectivity index (χ4n) is 1.08. The second kappa shape index (κ2) is 2.46. The first-order valence-electron chi connectivity index (χ1n) is 3.79. The van der Waals surface area contributed by atoms with E-state index in [2.05, 4.69) is 0 Å². The van der Waals surface area contributed by atoms with Gasteiger partial charge in [-0.15, -0.1) is 0 Å². The smallest absolute Gasteiger partial charge is 0.356 e. The van der Waals surface area contributed by atoms with Crippen LogP contribution < -0.4 is 0 Å². The minimum atomic E-state index is -1.36. The van der Waals surface area contributed by atoms with Gasteiger partial charge in [0, 0.05) is 0 Å². The van der Waals surface area contributed by atoms with Gasteiger partial charge < -0.3 is 9.47 Å². The number of rotatable bonds is 2. The van der Waals surface area contributed by atoms with Gasteiger partial charge in [-0.25, -0.2) is 4.79 Å². The molecule has 12 heavy (non-hydrogen) atoms.